The minimum absolute atomic E-state index is 0.140. The Kier molecular flexibility index (Phi) is 4.13. The maximum atomic E-state index is 13.3. The molecule has 0 heterocycles. The molecule has 0 saturated carbocycles. The number of hydrogen-bond acceptors (Lipinski definition) is 1. The molecule has 2 heteroatoms. The van der Waals surface area contributed by atoms with E-state index in [9.17, 15) is 4.39 Å². The van der Waals surface area contributed by atoms with E-state index in [1.54, 1.807) is 6.07 Å². The summed E-state index contributed by atoms with van der Waals surface area (Å²) in [5.74, 6) is 0.413. The second-order valence-corrected chi connectivity index (χ2v) is 4.32. The minimum Gasteiger partial charge on any atom is -0.382 e. The van der Waals surface area contributed by atoms with Gasteiger partial charge in [-0.1, -0.05) is 26.8 Å². The monoisotopic (exact) mass is 209 g/mol. The van der Waals surface area contributed by atoms with Crippen LogP contribution < -0.4 is 5.32 Å². The second kappa shape index (κ2) is 5.15. The van der Waals surface area contributed by atoms with Crippen molar-refractivity contribution in [2.75, 3.05) is 5.32 Å². The lowest BCUT2D eigenvalue weighted by Crippen LogP contribution is -2.25. The Morgan fingerprint density at radius 1 is 1.33 bits per heavy atom. The third-order valence-corrected chi connectivity index (χ3v) is 2.85. The highest BCUT2D eigenvalue weighted by molar-refractivity contribution is 5.51. The van der Waals surface area contributed by atoms with Gasteiger partial charge in [0.25, 0.3) is 0 Å². The molecule has 0 aliphatic carbocycles. The zero-order valence-electron chi connectivity index (χ0n) is 9.97. The Bertz CT molecular complexity index is 320. The van der Waals surface area contributed by atoms with Gasteiger partial charge in [0, 0.05) is 17.3 Å². The highest BCUT2D eigenvalue weighted by Gasteiger charge is 2.12. The predicted octanol–water partition coefficient (Wildman–Crippen LogP) is 3.98. The molecule has 0 amide bonds. The van der Waals surface area contributed by atoms with Crippen LogP contribution in [0.4, 0.5) is 10.1 Å². The maximum absolute atomic E-state index is 13.3. The lowest BCUT2D eigenvalue weighted by molar-refractivity contribution is 0.510. The van der Waals surface area contributed by atoms with Crippen LogP contribution in [0.1, 0.15) is 32.8 Å². The summed E-state index contributed by atoms with van der Waals surface area (Å²) in [5, 5.41) is 3.40. The largest absolute Gasteiger partial charge is 0.382 e. The van der Waals surface area contributed by atoms with E-state index in [0.29, 0.717) is 17.5 Å². The van der Waals surface area contributed by atoms with Crippen molar-refractivity contribution in [1.29, 1.82) is 0 Å². The molecule has 1 aromatic carbocycles. The van der Waals surface area contributed by atoms with Crippen LogP contribution in [-0.2, 0) is 0 Å². The van der Waals surface area contributed by atoms with Crippen molar-refractivity contribution in [2.24, 2.45) is 5.92 Å². The summed E-state index contributed by atoms with van der Waals surface area (Å²) in [7, 11) is 0. The molecule has 1 aromatic rings. The molecule has 1 N–H and O–H groups in total. The van der Waals surface area contributed by atoms with E-state index in [2.05, 4.69) is 26.1 Å². The van der Waals surface area contributed by atoms with Crippen LogP contribution in [0.25, 0.3) is 0 Å². The summed E-state index contributed by atoms with van der Waals surface area (Å²) < 4.78 is 13.3. The first-order chi connectivity index (χ1) is 7.06. The molecule has 15 heavy (non-hydrogen) atoms. The van der Waals surface area contributed by atoms with Crippen molar-refractivity contribution in [3.05, 3.63) is 29.6 Å². The third-order valence-electron chi connectivity index (χ3n) is 2.85. The number of rotatable bonds is 4. The average Bonchev–Trinajstić information content (AvgIpc) is 2.19. The van der Waals surface area contributed by atoms with Gasteiger partial charge in [0.15, 0.2) is 0 Å². The van der Waals surface area contributed by atoms with Crippen LogP contribution in [0, 0.1) is 18.7 Å². The first kappa shape index (κ1) is 12.0. The predicted molar refractivity (Wildman–Crippen MR) is 63.7 cm³/mol. The molecule has 0 fully saturated rings. The van der Waals surface area contributed by atoms with Gasteiger partial charge in [-0.15, -0.1) is 0 Å². The lowest BCUT2D eigenvalue weighted by Gasteiger charge is -2.23. The van der Waals surface area contributed by atoms with Crippen molar-refractivity contribution < 1.29 is 4.39 Å². The van der Waals surface area contributed by atoms with E-state index in [1.807, 2.05) is 13.0 Å². The minimum atomic E-state index is -0.140. The Labute approximate surface area is 91.7 Å². The lowest BCUT2D eigenvalue weighted by atomic mass is 10.0. The molecule has 0 aromatic heterocycles. The molecule has 0 aliphatic rings. The van der Waals surface area contributed by atoms with Crippen molar-refractivity contribution in [2.45, 2.75) is 40.2 Å². The highest BCUT2D eigenvalue weighted by atomic mass is 19.1. The normalized spacial score (nSPS) is 12.9. The number of nitrogens with one attached hydrogen (secondary N) is 1. The SMILES string of the molecule is CCC(Nc1cccc(F)c1C)C(C)C. The van der Waals surface area contributed by atoms with E-state index in [1.165, 1.54) is 6.07 Å². The van der Waals surface area contributed by atoms with Crippen LogP contribution in [0.15, 0.2) is 18.2 Å². The van der Waals surface area contributed by atoms with Crippen LogP contribution in [0.3, 0.4) is 0 Å². The summed E-state index contributed by atoms with van der Waals surface area (Å²) in [6.07, 6.45) is 1.05. The fourth-order valence-corrected chi connectivity index (χ4v) is 1.70. The van der Waals surface area contributed by atoms with E-state index in [-0.39, 0.29) is 5.82 Å². The van der Waals surface area contributed by atoms with Gasteiger partial charge >= 0.3 is 0 Å². The quantitative estimate of drug-likeness (QED) is 0.791. The first-order valence-corrected chi connectivity index (χ1v) is 5.58. The number of anilines is 1. The number of hydrogen-bond donors (Lipinski definition) is 1. The molecule has 0 radical (unpaired) electrons. The molecule has 0 bridgehead atoms. The van der Waals surface area contributed by atoms with Crippen LogP contribution >= 0.6 is 0 Å². The van der Waals surface area contributed by atoms with E-state index in [0.717, 1.165) is 12.1 Å². The molecule has 1 rings (SSSR count). The van der Waals surface area contributed by atoms with E-state index < -0.39 is 0 Å². The fraction of sp³-hybridized carbons (Fsp3) is 0.538. The number of halogens is 1. The second-order valence-electron chi connectivity index (χ2n) is 4.32. The molecule has 84 valence electrons. The van der Waals surface area contributed by atoms with Gasteiger partial charge in [-0.2, -0.15) is 0 Å². The summed E-state index contributed by atoms with van der Waals surface area (Å²) in [6.45, 7) is 8.31. The summed E-state index contributed by atoms with van der Waals surface area (Å²) in [6, 6.07) is 5.59. The van der Waals surface area contributed by atoms with Crippen LogP contribution in [-0.4, -0.2) is 6.04 Å². The molecule has 1 atom stereocenters. The molecule has 1 unspecified atom stereocenters. The summed E-state index contributed by atoms with van der Waals surface area (Å²) in [5.41, 5.74) is 1.62. The van der Waals surface area contributed by atoms with Gasteiger partial charge in [0.2, 0.25) is 0 Å². The Morgan fingerprint density at radius 2 is 2.00 bits per heavy atom. The highest BCUT2D eigenvalue weighted by Crippen LogP contribution is 2.21. The number of benzene rings is 1. The van der Waals surface area contributed by atoms with Gasteiger partial charge in [-0.3, -0.25) is 0 Å². The molecule has 0 aliphatic heterocycles. The third kappa shape index (κ3) is 2.95. The van der Waals surface area contributed by atoms with E-state index in [4.69, 9.17) is 0 Å². The smallest absolute Gasteiger partial charge is 0.128 e. The van der Waals surface area contributed by atoms with Crippen molar-refractivity contribution in [1.82, 2.24) is 0 Å². The molecule has 0 spiro atoms. The van der Waals surface area contributed by atoms with Gasteiger partial charge in [0.05, 0.1) is 0 Å². The summed E-state index contributed by atoms with van der Waals surface area (Å²) >= 11 is 0. The molecular formula is C13H20FN. The maximum Gasteiger partial charge on any atom is 0.128 e. The molecule has 0 saturated heterocycles. The standard InChI is InChI=1S/C13H20FN/c1-5-12(9(2)3)15-13-8-6-7-11(14)10(13)4/h6-9,12,15H,5H2,1-4H3. The molecular weight excluding hydrogens is 189 g/mol. The van der Waals surface area contributed by atoms with Crippen molar-refractivity contribution >= 4 is 5.69 Å². The Morgan fingerprint density at radius 3 is 2.53 bits per heavy atom. The van der Waals surface area contributed by atoms with Crippen LogP contribution in [0.5, 0.6) is 0 Å². The van der Waals surface area contributed by atoms with Gasteiger partial charge in [-0.05, 0) is 31.4 Å². The van der Waals surface area contributed by atoms with Gasteiger partial charge in [0.1, 0.15) is 5.82 Å². The Hall–Kier alpha value is -1.05. The van der Waals surface area contributed by atoms with Crippen LogP contribution in [0.2, 0.25) is 0 Å². The van der Waals surface area contributed by atoms with Gasteiger partial charge < -0.3 is 5.32 Å². The zero-order chi connectivity index (χ0) is 11.4. The first-order valence-electron chi connectivity index (χ1n) is 5.58. The topological polar surface area (TPSA) is 12.0 Å². The van der Waals surface area contributed by atoms with Gasteiger partial charge in [-0.25, -0.2) is 4.39 Å². The fourth-order valence-electron chi connectivity index (χ4n) is 1.70. The van der Waals surface area contributed by atoms with Crippen molar-refractivity contribution in [3.8, 4) is 0 Å². The Balaban J connectivity index is 2.84. The summed E-state index contributed by atoms with van der Waals surface area (Å²) in [4.78, 5) is 0. The molecule has 1 nitrogen and oxygen atoms in total. The van der Waals surface area contributed by atoms with E-state index >= 15 is 0 Å². The van der Waals surface area contributed by atoms with Crippen molar-refractivity contribution in [3.63, 3.8) is 0 Å². The average molecular weight is 209 g/mol. The zero-order valence-corrected chi connectivity index (χ0v) is 9.97.